The Balaban J connectivity index is 1.01. The number of rotatable bonds is 9. The van der Waals surface area contributed by atoms with E-state index in [-0.39, 0.29) is 31.8 Å². The molecule has 0 fully saturated rings. The number of nitrogens with zero attached hydrogens (tertiary/aromatic N) is 8. The molecule has 0 saturated carbocycles. The molecule has 4 aliphatic rings. The molecule has 4 atom stereocenters. The lowest BCUT2D eigenvalue weighted by atomic mass is 9.80. The quantitative estimate of drug-likeness (QED) is 0.161. The summed E-state index contributed by atoms with van der Waals surface area (Å²) in [4.78, 5) is 57.7. The largest absolute Gasteiger partial charge is 0.466 e. The number of aryl methyl sites for hydroxylation is 1. The van der Waals surface area contributed by atoms with Gasteiger partial charge in [0.05, 0.1) is 13.1 Å². The molecule has 4 aliphatic heterocycles. The summed E-state index contributed by atoms with van der Waals surface area (Å²) in [6.07, 6.45) is -1.14. The normalized spacial score (nSPS) is 21.6. The summed E-state index contributed by atoms with van der Waals surface area (Å²) in [5.74, 6) is 0.615. The van der Waals surface area contributed by atoms with E-state index in [9.17, 15) is 4.79 Å². The fourth-order valence-electron chi connectivity index (χ4n) is 9.95. The minimum atomic E-state index is -1.48. The Kier molecular flexibility index (Phi) is 10.3. The summed E-state index contributed by atoms with van der Waals surface area (Å²) in [5.41, 5.74) is 5.43. The van der Waals surface area contributed by atoms with Crippen molar-refractivity contribution >= 4 is 29.6 Å². The van der Waals surface area contributed by atoms with Gasteiger partial charge in [-0.15, -0.1) is 5.10 Å². The van der Waals surface area contributed by atoms with Crippen molar-refractivity contribution in [3.63, 3.8) is 0 Å². The van der Waals surface area contributed by atoms with Crippen LogP contribution in [0.3, 0.4) is 0 Å². The molecule has 67 heavy (non-hydrogen) atoms. The van der Waals surface area contributed by atoms with E-state index in [1.807, 2.05) is 152 Å². The van der Waals surface area contributed by atoms with Crippen LogP contribution in [0.5, 0.6) is 0 Å². The number of hydrogen-bond acceptors (Lipinski definition) is 10. The lowest BCUT2D eigenvalue weighted by molar-refractivity contribution is -0.140. The van der Waals surface area contributed by atoms with Crippen LogP contribution in [-0.2, 0) is 58.6 Å². The van der Waals surface area contributed by atoms with Crippen molar-refractivity contribution in [2.75, 3.05) is 7.05 Å². The van der Waals surface area contributed by atoms with Gasteiger partial charge in [0.15, 0.2) is 29.1 Å². The molecule has 11 rings (SSSR count). The zero-order valence-corrected chi connectivity index (χ0v) is 36.8. The Morgan fingerprint density at radius 2 is 1.19 bits per heavy atom. The standard InChI is InChI=1S/C53H45N9O5/c1-54-51(65)62-32-41-28-39(25-26-43(41)46-53(50(62)64,29-34-15-6-3-7-16-34)56-48(67-46)37-20-10-5-11-21-37)38-23-14-17-35(27-38)30-52-45(66-47(55-52)36-18-8-4-9-19-36)42-24-13-12-22-40(42)31-61(49(52)63)33-44-57-58-59-60(44)2/h3-28,45-46H,29-33H2,1-2H3,(H,54,65)/t45-,46-,52-,53-/m0/s1. The van der Waals surface area contributed by atoms with Crippen LogP contribution in [0.1, 0.15) is 62.5 Å². The number of hydrogen-bond donors (Lipinski definition) is 1. The molecule has 14 nitrogen and oxygen atoms in total. The number of amides is 4. The molecule has 0 unspecified atom stereocenters. The fourth-order valence-corrected chi connectivity index (χ4v) is 9.95. The van der Waals surface area contributed by atoms with Gasteiger partial charge < -0.3 is 19.7 Å². The predicted octanol–water partition coefficient (Wildman–Crippen LogP) is 7.10. The van der Waals surface area contributed by atoms with Crippen LogP contribution in [0, 0.1) is 0 Å². The first-order chi connectivity index (χ1) is 32.7. The SMILES string of the molecule is CNC(=O)N1Cc2cc(-c3cccc(C[C@]45N=C(c6ccccc6)O[C@H]4c4ccccc4CN(Cc4nnnn4C)C5=O)c3)ccc2[C@@H]2OC(c3ccccc3)=N[C@]2(Cc2ccccc2)C1=O. The van der Waals surface area contributed by atoms with E-state index in [1.54, 1.807) is 16.6 Å². The summed E-state index contributed by atoms with van der Waals surface area (Å²) in [7, 11) is 3.28. The van der Waals surface area contributed by atoms with Gasteiger partial charge in [-0.2, -0.15) is 0 Å². The van der Waals surface area contributed by atoms with Crippen LogP contribution in [0.2, 0.25) is 0 Å². The third-order valence-electron chi connectivity index (χ3n) is 13.2. The van der Waals surface area contributed by atoms with Crippen LogP contribution < -0.4 is 5.32 Å². The van der Waals surface area contributed by atoms with Crippen molar-refractivity contribution in [3.8, 4) is 11.1 Å². The number of nitrogens with one attached hydrogen (secondary N) is 1. The van der Waals surface area contributed by atoms with Gasteiger partial charge in [-0.25, -0.2) is 19.5 Å². The Hall–Kier alpha value is -8.26. The molecular formula is C53H45N9O5. The average Bonchev–Trinajstić information content (AvgIpc) is 4.06. The minimum Gasteiger partial charge on any atom is -0.466 e. The van der Waals surface area contributed by atoms with E-state index >= 15 is 9.59 Å². The van der Waals surface area contributed by atoms with Gasteiger partial charge in [0.1, 0.15) is 0 Å². The van der Waals surface area contributed by atoms with E-state index < -0.39 is 35.2 Å². The number of fused-ring (bicyclic) bond motifs is 6. The number of urea groups is 1. The number of aromatic nitrogens is 4. The minimum absolute atomic E-state index is 0.00213. The van der Waals surface area contributed by atoms with E-state index in [2.05, 4.69) is 26.9 Å². The maximum atomic E-state index is 15.4. The second-order valence-corrected chi connectivity index (χ2v) is 17.4. The predicted molar refractivity (Wildman–Crippen MR) is 249 cm³/mol. The fraction of sp³-hybridized carbons (Fsp3) is 0.208. The van der Waals surface area contributed by atoms with Crippen molar-refractivity contribution in [2.24, 2.45) is 17.0 Å². The summed E-state index contributed by atoms with van der Waals surface area (Å²) in [6, 6.07) is 50.4. The van der Waals surface area contributed by atoms with Crippen LogP contribution in [0.15, 0.2) is 168 Å². The highest BCUT2D eigenvalue weighted by Crippen LogP contribution is 2.49. The molecule has 1 N–H and O–H groups in total. The van der Waals surface area contributed by atoms with E-state index in [0.29, 0.717) is 24.2 Å². The lowest BCUT2D eigenvalue weighted by Crippen LogP contribution is -2.53. The van der Waals surface area contributed by atoms with Gasteiger partial charge in [0.25, 0.3) is 11.8 Å². The molecule has 7 aromatic rings. The molecule has 5 heterocycles. The number of carbonyl (C=O) groups excluding carboxylic acids is 3. The second-order valence-electron chi connectivity index (χ2n) is 17.4. The molecule has 1 aromatic heterocycles. The molecule has 0 spiro atoms. The Bertz CT molecular complexity index is 3120. The highest BCUT2D eigenvalue weighted by atomic mass is 16.5. The van der Waals surface area contributed by atoms with E-state index in [1.165, 1.54) is 11.9 Å². The molecule has 0 aliphatic carbocycles. The van der Waals surface area contributed by atoms with Crippen molar-refractivity contribution in [3.05, 3.63) is 208 Å². The molecule has 4 amide bonds. The van der Waals surface area contributed by atoms with Gasteiger partial charge in [-0.1, -0.05) is 127 Å². The summed E-state index contributed by atoms with van der Waals surface area (Å²) in [6.45, 7) is 0.485. The molecule has 6 aromatic carbocycles. The van der Waals surface area contributed by atoms with Gasteiger partial charge in [-0.05, 0) is 74.1 Å². The number of carbonyl (C=O) groups is 3. The number of benzene rings is 6. The Labute approximate surface area is 386 Å². The van der Waals surface area contributed by atoms with Gasteiger partial charge in [0.2, 0.25) is 11.8 Å². The van der Waals surface area contributed by atoms with Crippen molar-refractivity contribution < 1.29 is 23.9 Å². The zero-order valence-electron chi connectivity index (χ0n) is 36.8. The van der Waals surface area contributed by atoms with Crippen molar-refractivity contribution in [1.29, 1.82) is 0 Å². The molecule has 332 valence electrons. The molecule has 0 bridgehead atoms. The first-order valence-corrected chi connectivity index (χ1v) is 22.2. The van der Waals surface area contributed by atoms with E-state index in [4.69, 9.17) is 19.5 Å². The molecule has 0 radical (unpaired) electrons. The van der Waals surface area contributed by atoms with Gasteiger partial charge in [-0.3, -0.25) is 14.5 Å². The van der Waals surface area contributed by atoms with Crippen LogP contribution in [0.4, 0.5) is 4.79 Å². The Morgan fingerprint density at radius 3 is 1.85 bits per heavy atom. The maximum absolute atomic E-state index is 15.4. The van der Waals surface area contributed by atoms with Crippen molar-refractivity contribution in [1.82, 2.24) is 35.3 Å². The van der Waals surface area contributed by atoms with Crippen LogP contribution in [-0.4, -0.2) is 77.8 Å². The second kappa shape index (κ2) is 16.6. The highest BCUT2D eigenvalue weighted by molar-refractivity contribution is 6.06. The summed E-state index contributed by atoms with van der Waals surface area (Å²) < 4.78 is 15.2. The monoisotopic (exact) mass is 887 g/mol. The van der Waals surface area contributed by atoms with E-state index in [0.717, 1.165) is 55.6 Å². The highest BCUT2D eigenvalue weighted by Gasteiger charge is 2.59. The number of tetrazole rings is 1. The number of aliphatic imine (C=N–C) groups is 2. The van der Waals surface area contributed by atoms with Gasteiger partial charge >= 0.3 is 6.03 Å². The van der Waals surface area contributed by atoms with Crippen LogP contribution >= 0.6 is 0 Å². The number of imide groups is 1. The zero-order chi connectivity index (χ0) is 45.7. The Morgan fingerprint density at radius 1 is 0.627 bits per heavy atom. The first kappa shape index (κ1) is 41.4. The molecule has 0 saturated heterocycles. The molecule has 14 heteroatoms. The first-order valence-electron chi connectivity index (χ1n) is 22.2. The van der Waals surface area contributed by atoms with Crippen LogP contribution in [0.25, 0.3) is 11.1 Å². The summed E-state index contributed by atoms with van der Waals surface area (Å²) in [5, 5.41) is 14.8. The lowest BCUT2D eigenvalue weighted by Gasteiger charge is -2.32. The summed E-state index contributed by atoms with van der Waals surface area (Å²) >= 11 is 0. The molecular weight excluding hydrogens is 843 g/mol. The van der Waals surface area contributed by atoms with Gasteiger partial charge in [0, 0.05) is 55.7 Å². The third kappa shape index (κ3) is 7.21. The average molecular weight is 888 g/mol. The maximum Gasteiger partial charge on any atom is 0.324 e. The third-order valence-corrected chi connectivity index (χ3v) is 13.2. The smallest absolute Gasteiger partial charge is 0.324 e. The topological polar surface area (TPSA) is 156 Å². The number of ether oxygens (including phenoxy) is 2. The van der Waals surface area contributed by atoms with Crippen molar-refractivity contribution in [2.45, 2.75) is 55.8 Å².